The van der Waals surface area contributed by atoms with E-state index in [9.17, 15) is 0 Å². The summed E-state index contributed by atoms with van der Waals surface area (Å²) in [7, 11) is 2.25. The highest BCUT2D eigenvalue weighted by atomic mass is 32.1. The minimum absolute atomic E-state index is 0.772. The summed E-state index contributed by atoms with van der Waals surface area (Å²) in [5, 5.41) is 7.92. The monoisotopic (exact) mass is 252 g/mol. The smallest absolute Gasteiger partial charge is 0.0107 e. The van der Waals surface area contributed by atoms with Crippen LogP contribution in [-0.2, 0) is 6.42 Å². The number of nitrogens with one attached hydrogen (secondary N) is 1. The van der Waals surface area contributed by atoms with E-state index in [0.29, 0.717) is 0 Å². The molecule has 1 atom stereocenters. The van der Waals surface area contributed by atoms with Crippen LogP contribution in [0, 0.1) is 5.92 Å². The highest BCUT2D eigenvalue weighted by Crippen LogP contribution is 2.34. The first-order valence-electron chi connectivity index (χ1n) is 6.69. The summed E-state index contributed by atoms with van der Waals surface area (Å²) in [5.41, 5.74) is 1.46. The summed E-state index contributed by atoms with van der Waals surface area (Å²) in [6.45, 7) is 5.74. The fourth-order valence-electron chi connectivity index (χ4n) is 2.19. The maximum Gasteiger partial charge on any atom is 0.0107 e. The molecule has 17 heavy (non-hydrogen) atoms. The third-order valence-electron chi connectivity index (χ3n) is 3.81. The number of hydrogen-bond donors (Lipinski definition) is 1. The van der Waals surface area contributed by atoms with Crippen molar-refractivity contribution >= 4 is 11.3 Å². The van der Waals surface area contributed by atoms with E-state index in [0.717, 1.165) is 31.5 Å². The van der Waals surface area contributed by atoms with Crippen molar-refractivity contribution in [3.05, 3.63) is 22.4 Å². The van der Waals surface area contributed by atoms with E-state index in [1.165, 1.54) is 24.9 Å². The van der Waals surface area contributed by atoms with Crippen LogP contribution in [0.3, 0.4) is 0 Å². The van der Waals surface area contributed by atoms with E-state index in [1.807, 2.05) is 0 Å². The van der Waals surface area contributed by atoms with E-state index in [4.69, 9.17) is 0 Å². The Hall–Kier alpha value is -0.380. The predicted molar refractivity (Wildman–Crippen MR) is 75.7 cm³/mol. The summed E-state index contributed by atoms with van der Waals surface area (Å²) < 4.78 is 0. The molecule has 0 radical (unpaired) electrons. The molecular weight excluding hydrogens is 228 g/mol. The third kappa shape index (κ3) is 4.41. The van der Waals surface area contributed by atoms with Crippen molar-refractivity contribution in [1.82, 2.24) is 10.2 Å². The van der Waals surface area contributed by atoms with Gasteiger partial charge in [-0.1, -0.05) is 0 Å². The van der Waals surface area contributed by atoms with Gasteiger partial charge in [0.2, 0.25) is 0 Å². The van der Waals surface area contributed by atoms with Gasteiger partial charge in [0.05, 0.1) is 0 Å². The Balaban J connectivity index is 1.50. The number of nitrogens with zero attached hydrogens (tertiary/aromatic N) is 1. The van der Waals surface area contributed by atoms with Crippen LogP contribution >= 0.6 is 11.3 Å². The second-order valence-electron chi connectivity index (χ2n) is 5.19. The second-order valence-corrected chi connectivity index (χ2v) is 5.97. The Labute approximate surface area is 109 Å². The molecule has 1 fully saturated rings. The van der Waals surface area contributed by atoms with Crippen molar-refractivity contribution in [3.8, 4) is 0 Å². The molecule has 0 aromatic carbocycles. The summed E-state index contributed by atoms with van der Waals surface area (Å²) in [5.74, 6) is 0.978. The second kappa shape index (κ2) is 6.53. The van der Waals surface area contributed by atoms with Gasteiger partial charge in [-0.2, -0.15) is 11.3 Å². The van der Waals surface area contributed by atoms with E-state index in [2.05, 4.69) is 41.0 Å². The molecule has 1 aromatic heterocycles. The van der Waals surface area contributed by atoms with Gasteiger partial charge in [0.15, 0.2) is 0 Å². The first-order valence-corrected chi connectivity index (χ1v) is 7.63. The molecule has 2 rings (SSSR count). The average molecular weight is 252 g/mol. The molecule has 1 saturated carbocycles. The molecule has 1 heterocycles. The number of hydrogen-bond acceptors (Lipinski definition) is 3. The van der Waals surface area contributed by atoms with Crippen molar-refractivity contribution < 1.29 is 0 Å². The highest BCUT2D eigenvalue weighted by Gasteiger charge is 2.29. The van der Waals surface area contributed by atoms with Crippen LogP contribution in [0.5, 0.6) is 0 Å². The number of rotatable bonds is 8. The summed E-state index contributed by atoms with van der Waals surface area (Å²) in [6.07, 6.45) is 4.04. The SMILES string of the molecule is CC(C1CC1)N(C)CCNCCc1ccsc1. The minimum Gasteiger partial charge on any atom is -0.315 e. The molecule has 1 N–H and O–H groups in total. The molecule has 2 nitrogen and oxygen atoms in total. The van der Waals surface area contributed by atoms with Gasteiger partial charge in [0.1, 0.15) is 0 Å². The molecule has 0 spiro atoms. The molecule has 3 heteroatoms. The van der Waals surface area contributed by atoms with Gasteiger partial charge in [0.25, 0.3) is 0 Å². The van der Waals surface area contributed by atoms with E-state index in [-0.39, 0.29) is 0 Å². The summed E-state index contributed by atoms with van der Waals surface area (Å²) in [4.78, 5) is 2.50. The first-order chi connectivity index (χ1) is 8.27. The molecule has 0 bridgehead atoms. The van der Waals surface area contributed by atoms with Crippen LogP contribution in [0.1, 0.15) is 25.3 Å². The quantitative estimate of drug-likeness (QED) is 0.716. The Bertz CT molecular complexity index is 306. The zero-order valence-electron chi connectivity index (χ0n) is 11.0. The van der Waals surface area contributed by atoms with Crippen molar-refractivity contribution in [2.24, 2.45) is 5.92 Å². The molecular formula is C14H24N2S. The topological polar surface area (TPSA) is 15.3 Å². The third-order valence-corrected chi connectivity index (χ3v) is 4.54. The van der Waals surface area contributed by atoms with Gasteiger partial charge in [-0.3, -0.25) is 0 Å². The van der Waals surface area contributed by atoms with Crippen molar-refractivity contribution in [3.63, 3.8) is 0 Å². The number of thiophene rings is 1. The van der Waals surface area contributed by atoms with E-state index in [1.54, 1.807) is 11.3 Å². The molecule has 1 aliphatic carbocycles. The van der Waals surface area contributed by atoms with Gasteiger partial charge < -0.3 is 10.2 Å². The van der Waals surface area contributed by atoms with Crippen molar-refractivity contribution in [2.45, 2.75) is 32.2 Å². The normalized spacial score (nSPS) is 17.6. The lowest BCUT2D eigenvalue weighted by molar-refractivity contribution is 0.235. The molecule has 1 aliphatic rings. The lowest BCUT2D eigenvalue weighted by Crippen LogP contribution is -2.36. The minimum atomic E-state index is 0.772. The predicted octanol–water partition coefficient (Wildman–Crippen LogP) is 2.61. The summed E-state index contributed by atoms with van der Waals surface area (Å²) >= 11 is 1.79. The van der Waals surface area contributed by atoms with Crippen LogP contribution in [0.15, 0.2) is 16.8 Å². The van der Waals surface area contributed by atoms with Gasteiger partial charge >= 0.3 is 0 Å². The zero-order chi connectivity index (χ0) is 12.1. The highest BCUT2D eigenvalue weighted by molar-refractivity contribution is 7.07. The summed E-state index contributed by atoms with van der Waals surface area (Å²) in [6, 6.07) is 2.99. The molecule has 1 unspecified atom stereocenters. The van der Waals surface area contributed by atoms with Gasteiger partial charge in [-0.15, -0.1) is 0 Å². The number of likely N-dealkylation sites (N-methyl/N-ethyl adjacent to an activating group) is 1. The molecule has 0 saturated heterocycles. The maximum atomic E-state index is 3.53. The molecule has 96 valence electrons. The fourth-order valence-corrected chi connectivity index (χ4v) is 2.89. The average Bonchev–Trinajstić information content (AvgIpc) is 3.05. The lowest BCUT2D eigenvalue weighted by Gasteiger charge is -2.24. The van der Waals surface area contributed by atoms with Crippen molar-refractivity contribution in [2.75, 3.05) is 26.7 Å². The molecule has 1 aromatic rings. The van der Waals surface area contributed by atoms with Gasteiger partial charge in [0, 0.05) is 19.1 Å². The Morgan fingerprint density at radius 3 is 2.94 bits per heavy atom. The lowest BCUT2D eigenvalue weighted by atomic mass is 10.2. The first kappa shape index (κ1) is 13.1. The largest absolute Gasteiger partial charge is 0.315 e. The van der Waals surface area contributed by atoms with Crippen LogP contribution < -0.4 is 5.32 Å². The van der Waals surface area contributed by atoms with Gasteiger partial charge in [-0.25, -0.2) is 0 Å². The van der Waals surface area contributed by atoms with Crippen LogP contribution in [0.25, 0.3) is 0 Å². The fraction of sp³-hybridized carbons (Fsp3) is 0.714. The Kier molecular flexibility index (Phi) is 5.01. The maximum absolute atomic E-state index is 3.53. The van der Waals surface area contributed by atoms with Crippen LogP contribution in [0.4, 0.5) is 0 Å². The zero-order valence-corrected chi connectivity index (χ0v) is 11.8. The van der Waals surface area contributed by atoms with E-state index < -0.39 is 0 Å². The Morgan fingerprint density at radius 2 is 2.29 bits per heavy atom. The van der Waals surface area contributed by atoms with Gasteiger partial charge in [-0.05, 0) is 68.1 Å². The van der Waals surface area contributed by atoms with Crippen molar-refractivity contribution in [1.29, 1.82) is 0 Å². The molecule has 0 amide bonds. The molecule has 0 aliphatic heterocycles. The van der Waals surface area contributed by atoms with Crippen LogP contribution in [-0.4, -0.2) is 37.6 Å². The van der Waals surface area contributed by atoms with Crippen LogP contribution in [0.2, 0.25) is 0 Å². The standard InChI is InChI=1S/C14H24N2S/c1-12(14-3-4-14)16(2)9-8-15-7-5-13-6-10-17-11-13/h6,10-12,14-15H,3-5,7-9H2,1-2H3. The Morgan fingerprint density at radius 1 is 1.47 bits per heavy atom. The van der Waals surface area contributed by atoms with E-state index >= 15 is 0 Å².